The van der Waals surface area contributed by atoms with E-state index in [9.17, 15) is 0 Å². The smallest absolute Gasteiger partial charge is 0.0911 e. The molecule has 1 heteroatoms. The van der Waals surface area contributed by atoms with Crippen LogP contribution in [0.4, 0.5) is 0 Å². The van der Waals surface area contributed by atoms with Gasteiger partial charge in [-0.1, -0.05) is 23.6 Å². The fraction of sp³-hybridized carbons (Fsp3) is 0.111. The summed E-state index contributed by atoms with van der Waals surface area (Å²) in [7, 11) is 0.961. The molecule has 0 aliphatic rings. The van der Waals surface area contributed by atoms with Crippen molar-refractivity contribution in [2.24, 2.45) is 0 Å². The highest BCUT2D eigenvalue weighted by molar-refractivity contribution is 6.22. The van der Waals surface area contributed by atoms with Crippen molar-refractivity contribution in [2.45, 2.75) is 6.92 Å². The zero-order valence-corrected chi connectivity index (χ0v) is 8.31. The zero-order chi connectivity index (χ0) is 7.40. The predicted molar refractivity (Wildman–Crippen MR) is 48.0 cm³/mol. The van der Waals surface area contributed by atoms with Gasteiger partial charge in [0.25, 0.3) is 0 Å². The molecule has 1 aromatic carbocycles. The van der Waals surface area contributed by atoms with Crippen LogP contribution >= 0.6 is 0 Å². The highest BCUT2D eigenvalue weighted by Crippen LogP contribution is 2.00. The van der Waals surface area contributed by atoms with Crippen molar-refractivity contribution >= 4 is 10.2 Å². The molecule has 0 radical (unpaired) electrons. The molecule has 0 spiro atoms. The first kappa shape index (κ1) is 7.11. The van der Waals surface area contributed by atoms with Crippen molar-refractivity contribution in [3.8, 4) is 11.5 Å². The molecule has 0 saturated heterocycles. The molecule has 0 aliphatic carbocycles. The molecule has 0 amide bonds. The van der Waals surface area contributed by atoms with Gasteiger partial charge >= 0.3 is 0 Å². The second kappa shape index (κ2) is 3.24. The third-order valence-electron chi connectivity index (χ3n) is 1.32. The summed E-state index contributed by atoms with van der Waals surface area (Å²) in [5, 5.41) is 0. The van der Waals surface area contributed by atoms with E-state index in [1.807, 2.05) is 0 Å². The highest BCUT2D eigenvalue weighted by atomic mass is 28.1. The summed E-state index contributed by atoms with van der Waals surface area (Å²) in [4.78, 5) is 0. The third-order valence-corrected chi connectivity index (χ3v) is 1.57. The normalized spacial score (nSPS) is 8.50. The van der Waals surface area contributed by atoms with Gasteiger partial charge in [0, 0.05) is 5.56 Å². The van der Waals surface area contributed by atoms with Crippen LogP contribution in [0.5, 0.6) is 0 Å². The summed E-state index contributed by atoms with van der Waals surface area (Å²) in [5.41, 5.74) is 5.41. The van der Waals surface area contributed by atoms with Gasteiger partial charge in [-0.2, -0.15) is 0 Å². The van der Waals surface area contributed by atoms with E-state index in [0.717, 1.165) is 15.8 Å². The van der Waals surface area contributed by atoms with Crippen molar-refractivity contribution in [3.05, 3.63) is 35.4 Å². The number of benzene rings is 1. The van der Waals surface area contributed by atoms with E-state index in [0.29, 0.717) is 0 Å². The maximum atomic E-state index is 3.05. The lowest BCUT2D eigenvalue weighted by Gasteiger charge is -1.90. The molecule has 0 aliphatic heterocycles. The van der Waals surface area contributed by atoms with E-state index in [1.54, 1.807) is 0 Å². The molecule has 0 bridgehead atoms. The maximum Gasteiger partial charge on any atom is 0.0911 e. The van der Waals surface area contributed by atoms with Crippen molar-refractivity contribution in [3.63, 3.8) is 0 Å². The van der Waals surface area contributed by atoms with Gasteiger partial charge in [-0.15, -0.1) is 5.54 Å². The summed E-state index contributed by atoms with van der Waals surface area (Å²) < 4.78 is 0. The minimum absolute atomic E-state index is 0.961. The number of aryl methyl sites for hydroxylation is 1. The molecule has 0 aromatic heterocycles. The maximum absolute atomic E-state index is 3.05. The van der Waals surface area contributed by atoms with Gasteiger partial charge in [-0.3, -0.25) is 0 Å². The number of hydrogen-bond acceptors (Lipinski definition) is 0. The molecule has 0 fully saturated rings. The Balaban J connectivity index is 2.97. The fourth-order valence-electron chi connectivity index (χ4n) is 0.781. The summed E-state index contributed by atoms with van der Waals surface area (Å²) in [6.45, 7) is 2.08. The van der Waals surface area contributed by atoms with Crippen LogP contribution in [0.3, 0.4) is 0 Å². The van der Waals surface area contributed by atoms with Gasteiger partial charge in [0.2, 0.25) is 0 Å². The van der Waals surface area contributed by atoms with Gasteiger partial charge < -0.3 is 0 Å². The van der Waals surface area contributed by atoms with Gasteiger partial charge in [0.1, 0.15) is 0 Å². The fourth-order valence-corrected chi connectivity index (χ4v) is 1.07. The predicted octanol–water partition coefficient (Wildman–Crippen LogP) is 0.669. The molecule has 10 heavy (non-hydrogen) atoms. The molecule has 0 atom stereocenters. The first-order chi connectivity index (χ1) is 4.83. The second-order valence-corrected chi connectivity index (χ2v) is 2.74. The molecule has 0 nitrogen and oxygen atoms in total. The summed E-state index contributed by atoms with van der Waals surface area (Å²) in [5.74, 6) is 3.05. The monoisotopic (exact) mass is 146 g/mol. The van der Waals surface area contributed by atoms with Crippen LogP contribution in [-0.2, 0) is 0 Å². The zero-order valence-electron chi connectivity index (χ0n) is 6.31. The Bertz CT molecular complexity index is 261. The Morgan fingerprint density at radius 1 is 1.20 bits per heavy atom. The molecular weight excluding hydrogens is 136 g/mol. The Morgan fingerprint density at radius 2 is 1.80 bits per heavy atom. The lowest BCUT2D eigenvalue weighted by Crippen LogP contribution is -1.74. The van der Waals surface area contributed by atoms with E-state index in [-0.39, 0.29) is 0 Å². The van der Waals surface area contributed by atoms with E-state index in [4.69, 9.17) is 0 Å². The first-order valence-corrected chi connectivity index (χ1v) is 4.32. The molecule has 1 aromatic rings. The van der Waals surface area contributed by atoms with Crippen LogP contribution in [0.2, 0.25) is 0 Å². The van der Waals surface area contributed by atoms with Crippen molar-refractivity contribution in [1.29, 1.82) is 0 Å². The van der Waals surface area contributed by atoms with Gasteiger partial charge in [-0.05, 0) is 19.1 Å². The highest BCUT2D eigenvalue weighted by Gasteiger charge is 1.83. The standard InChI is InChI=1S/C9H10Si/c1-8-2-4-9(5-3-8)6-7-10/h2-5H,1,10H3. The van der Waals surface area contributed by atoms with Gasteiger partial charge in [0.05, 0.1) is 10.2 Å². The van der Waals surface area contributed by atoms with Crippen LogP contribution in [0.1, 0.15) is 11.1 Å². The number of hydrogen-bond donors (Lipinski definition) is 0. The van der Waals surface area contributed by atoms with Crippen LogP contribution in [-0.4, -0.2) is 10.2 Å². The van der Waals surface area contributed by atoms with E-state index in [1.165, 1.54) is 5.56 Å². The van der Waals surface area contributed by atoms with Gasteiger partial charge in [0.15, 0.2) is 0 Å². The quantitative estimate of drug-likeness (QED) is 0.373. The van der Waals surface area contributed by atoms with Crippen molar-refractivity contribution in [2.75, 3.05) is 0 Å². The Hall–Kier alpha value is -1.00. The summed E-state index contributed by atoms with van der Waals surface area (Å²) in [6, 6.07) is 8.28. The Kier molecular flexibility index (Phi) is 2.30. The molecule has 0 heterocycles. The molecule has 50 valence electrons. The largest absolute Gasteiger partial charge is 0.138 e. The summed E-state index contributed by atoms with van der Waals surface area (Å²) in [6.07, 6.45) is 0. The molecule has 0 unspecified atom stereocenters. The van der Waals surface area contributed by atoms with Crippen LogP contribution in [0.25, 0.3) is 0 Å². The minimum atomic E-state index is 0.961. The molecule has 1 rings (SSSR count). The Labute approximate surface area is 64.7 Å². The van der Waals surface area contributed by atoms with E-state index in [2.05, 4.69) is 42.7 Å². The van der Waals surface area contributed by atoms with Crippen LogP contribution < -0.4 is 0 Å². The van der Waals surface area contributed by atoms with Crippen LogP contribution in [0, 0.1) is 18.4 Å². The van der Waals surface area contributed by atoms with Crippen molar-refractivity contribution < 1.29 is 0 Å². The SMILES string of the molecule is Cc1ccc(C#C[SiH3])cc1. The van der Waals surface area contributed by atoms with Crippen molar-refractivity contribution in [1.82, 2.24) is 0 Å². The van der Waals surface area contributed by atoms with E-state index >= 15 is 0 Å². The minimum Gasteiger partial charge on any atom is -0.138 e. The average molecular weight is 146 g/mol. The Morgan fingerprint density at radius 3 is 2.30 bits per heavy atom. The second-order valence-electron chi connectivity index (χ2n) is 2.24. The van der Waals surface area contributed by atoms with Gasteiger partial charge in [-0.25, -0.2) is 0 Å². The third kappa shape index (κ3) is 1.75. The van der Waals surface area contributed by atoms with Crippen LogP contribution in [0.15, 0.2) is 24.3 Å². The molecule has 0 saturated carbocycles. The average Bonchev–Trinajstić information content (AvgIpc) is 1.95. The summed E-state index contributed by atoms with van der Waals surface area (Å²) >= 11 is 0. The number of rotatable bonds is 0. The molecular formula is C9H10Si. The molecule has 0 N–H and O–H groups in total. The topological polar surface area (TPSA) is 0 Å². The van der Waals surface area contributed by atoms with E-state index < -0.39 is 0 Å². The first-order valence-electron chi connectivity index (χ1n) is 3.32. The lowest BCUT2D eigenvalue weighted by molar-refractivity contribution is 1.46. The lowest BCUT2D eigenvalue weighted by atomic mass is 10.2.